The molecule has 3 aromatic rings. The topological polar surface area (TPSA) is 100 Å². The molecule has 1 heterocycles. The Morgan fingerprint density at radius 1 is 1.03 bits per heavy atom. The van der Waals surface area contributed by atoms with Crippen molar-refractivity contribution in [3.63, 3.8) is 0 Å². The van der Waals surface area contributed by atoms with Crippen LogP contribution in [0.5, 0.6) is 17.2 Å². The Hall–Kier alpha value is -3.69. The normalized spacial score (nSPS) is 10.5. The van der Waals surface area contributed by atoms with E-state index >= 15 is 0 Å². The number of benzene rings is 2. The molecule has 0 bridgehead atoms. The Kier molecular flexibility index (Phi) is 6.79. The van der Waals surface area contributed by atoms with Gasteiger partial charge in [0.2, 0.25) is 5.75 Å². The molecule has 0 radical (unpaired) electrons. The van der Waals surface area contributed by atoms with E-state index in [1.807, 2.05) is 20.8 Å². The molecule has 0 spiro atoms. The van der Waals surface area contributed by atoms with E-state index in [1.54, 1.807) is 0 Å². The highest BCUT2D eigenvalue weighted by atomic mass is 19.1. The summed E-state index contributed by atoms with van der Waals surface area (Å²) < 4.78 is 32.5. The minimum atomic E-state index is -0.596. The molecule has 2 aromatic carbocycles. The Morgan fingerprint density at radius 3 is 2.27 bits per heavy atom. The van der Waals surface area contributed by atoms with Crippen LogP contribution < -0.4 is 19.5 Å². The van der Waals surface area contributed by atoms with Crippen LogP contribution in [0, 0.1) is 5.82 Å². The first kappa shape index (κ1) is 21.0. The minimum Gasteiger partial charge on any atom is -0.490 e. The molecule has 0 unspecified atom stereocenters. The van der Waals surface area contributed by atoms with Gasteiger partial charge < -0.3 is 19.5 Å². The summed E-state index contributed by atoms with van der Waals surface area (Å²) >= 11 is 0. The summed E-state index contributed by atoms with van der Waals surface area (Å²) in [5.41, 5.74) is 0.712. The fourth-order valence-electron chi connectivity index (χ4n) is 2.75. The fourth-order valence-corrected chi connectivity index (χ4v) is 2.75. The average Bonchev–Trinajstić information content (AvgIpc) is 3.27. The lowest BCUT2D eigenvalue weighted by Crippen LogP contribution is -2.14. The molecule has 3 rings (SSSR count). The molecular formula is C20H22FN5O4. The number of nitrogens with zero attached hydrogens (tertiary/aromatic N) is 4. The molecule has 0 aliphatic carbocycles. The van der Waals surface area contributed by atoms with Crippen molar-refractivity contribution in [1.29, 1.82) is 0 Å². The van der Waals surface area contributed by atoms with Gasteiger partial charge in [-0.05, 0) is 61.5 Å². The second kappa shape index (κ2) is 9.68. The first-order valence-electron chi connectivity index (χ1n) is 9.48. The number of amides is 1. The van der Waals surface area contributed by atoms with Gasteiger partial charge in [-0.15, -0.1) is 5.10 Å². The number of tetrazole rings is 1. The first-order valence-corrected chi connectivity index (χ1v) is 9.48. The predicted octanol–water partition coefficient (Wildman–Crippen LogP) is 3.25. The van der Waals surface area contributed by atoms with Crippen molar-refractivity contribution in [2.75, 3.05) is 25.1 Å². The van der Waals surface area contributed by atoms with Crippen LogP contribution in [0.2, 0.25) is 0 Å². The molecule has 0 saturated carbocycles. The van der Waals surface area contributed by atoms with Crippen molar-refractivity contribution < 1.29 is 23.4 Å². The van der Waals surface area contributed by atoms with Crippen LogP contribution in [-0.2, 0) is 0 Å². The van der Waals surface area contributed by atoms with Crippen LogP contribution in [0.25, 0.3) is 5.69 Å². The quantitative estimate of drug-likeness (QED) is 0.572. The zero-order valence-corrected chi connectivity index (χ0v) is 16.9. The van der Waals surface area contributed by atoms with Crippen LogP contribution in [0.15, 0.2) is 36.7 Å². The molecule has 158 valence electrons. The second-order valence-electron chi connectivity index (χ2n) is 5.97. The number of hydrogen-bond donors (Lipinski definition) is 1. The van der Waals surface area contributed by atoms with Crippen molar-refractivity contribution in [3.8, 4) is 22.9 Å². The van der Waals surface area contributed by atoms with Crippen molar-refractivity contribution >= 4 is 11.6 Å². The van der Waals surface area contributed by atoms with Gasteiger partial charge in [-0.1, -0.05) is 0 Å². The smallest absolute Gasteiger partial charge is 0.256 e. The van der Waals surface area contributed by atoms with E-state index in [4.69, 9.17) is 14.2 Å². The van der Waals surface area contributed by atoms with E-state index in [0.717, 1.165) is 0 Å². The van der Waals surface area contributed by atoms with E-state index < -0.39 is 11.7 Å². The SMILES string of the molecule is CCOc1cc(C(=O)Nc2cc(-n3cnnn3)ccc2F)cc(OCC)c1OCC. The van der Waals surface area contributed by atoms with Crippen molar-refractivity contribution in [3.05, 3.63) is 48.0 Å². The third-order valence-corrected chi connectivity index (χ3v) is 3.98. The lowest BCUT2D eigenvalue weighted by atomic mass is 10.1. The molecule has 0 fully saturated rings. The van der Waals surface area contributed by atoms with Crippen LogP contribution in [0.4, 0.5) is 10.1 Å². The Balaban J connectivity index is 1.94. The Bertz CT molecular complexity index is 983. The molecule has 0 atom stereocenters. The van der Waals surface area contributed by atoms with Gasteiger partial charge in [0.1, 0.15) is 12.1 Å². The summed E-state index contributed by atoms with van der Waals surface area (Å²) in [5.74, 6) is 0.0372. The van der Waals surface area contributed by atoms with Gasteiger partial charge in [-0.3, -0.25) is 4.79 Å². The van der Waals surface area contributed by atoms with Crippen LogP contribution >= 0.6 is 0 Å². The Morgan fingerprint density at radius 2 is 1.70 bits per heavy atom. The van der Waals surface area contributed by atoms with Crippen LogP contribution in [0.3, 0.4) is 0 Å². The van der Waals surface area contributed by atoms with Gasteiger partial charge in [-0.2, -0.15) is 0 Å². The number of ether oxygens (including phenoxy) is 3. The standard InChI is InChI=1S/C20H22FN5O4/c1-4-28-17-9-13(10-18(29-5-2)19(17)30-6-3)20(27)23-16-11-14(7-8-15(16)21)26-12-22-24-25-26/h7-12H,4-6H2,1-3H3,(H,23,27). The maximum atomic E-state index is 14.3. The number of aromatic nitrogens is 4. The summed E-state index contributed by atoms with van der Waals surface area (Å²) in [6.07, 6.45) is 1.37. The molecule has 30 heavy (non-hydrogen) atoms. The fraction of sp³-hybridized carbons (Fsp3) is 0.300. The maximum Gasteiger partial charge on any atom is 0.256 e. The summed E-state index contributed by atoms with van der Waals surface area (Å²) in [4.78, 5) is 12.9. The maximum absolute atomic E-state index is 14.3. The molecule has 1 N–H and O–H groups in total. The van der Waals surface area contributed by atoms with E-state index in [9.17, 15) is 9.18 Å². The van der Waals surface area contributed by atoms with Crippen molar-refractivity contribution in [1.82, 2.24) is 20.2 Å². The van der Waals surface area contributed by atoms with Gasteiger partial charge in [0, 0.05) is 5.56 Å². The molecular weight excluding hydrogens is 393 g/mol. The monoisotopic (exact) mass is 415 g/mol. The number of nitrogens with one attached hydrogen (secondary N) is 1. The summed E-state index contributed by atoms with van der Waals surface area (Å²) in [7, 11) is 0. The largest absolute Gasteiger partial charge is 0.490 e. The van der Waals surface area contributed by atoms with Gasteiger partial charge in [0.15, 0.2) is 11.5 Å². The van der Waals surface area contributed by atoms with Gasteiger partial charge in [-0.25, -0.2) is 9.07 Å². The number of rotatable bonds is 9. The van der Waals surface area contributed by atoms with Crippen molar-refractivity contribution in [2.24, 2.45) is 0 Å². The first-order chi connectivity index (χ1) is 14.6. The molecule has 10 heteroatoms. The van der Waals surface area contributed by atoms with E-state index in [-0.39, 0.29) is 11.3 Å². The molecule has 0 aliphatic heterocycles. The number of carbonyl (C=O) groups excluding carboxylic acids is 1. The molecule has 1 amide bonds. The van der Waals surface area contributed by atoms with Crippen LogP contribution in [0.1, 0.15) is 31.1 Å². The van der Waals surface area contributed by atoms with E-state index in [1.165, 1.54) is 41.3 Å². The summed E-state index contributed by atoms with van der Waals surface area (Å²) in [6, 6.07) is 7.23. The lowest BCUT2D eigenvalue weighted by Gasteiger charge is -2.17. The highest BCUT2D eigenvalue weighted by molar-refractivity contribution is 6.05. The van der Waals surface area contributed by atoms with Gasteiger partial charge in [0.05, 0.1) is 31.2 Å². The number of hydrogen-bond acceptors (Lipinski definition) is 7. The van der Waals surface area contributed by atoms with E-state index in [2.05, 4.69) is 20.8 Å². The molecule has 0 saturated heterocycles. The molecule has 9 nitrogen and oxygen atoms in total. The third kappa shape index (κ3) is 4.65. The van der Waals surface area contributed by atoms with E-state index in [0.29, 0.717) is 42.8 Å². The number of carbonyl (C=O) groups is 1. The van der Waals surface area contributed by atoms with Crippen LogP contribution in [-0.4, -0.2) is 45.9 Å². The predicted molar refractivity (Wildman–Crippen MR) is 107 cm³/mol. The highest BCUT2D eigenvalue weighted by Crippen LogP contribution is 2.39. The van der Waals surface area contributed by atoms with Gasteiger partial charge in [0.25, 0.3) is 5.91 Å². The third-order valence-electron chi connectivity index (χ3n) is 3.98. The van der Waals surface area contributed by atoms with Gasteiger partial charge >= 0.3 is 0 Å². The number of halogens is 1. The summed E-state index contributed by atoms with van der Waals surface area (Å²) in [6.45, 7) is 6.64. The highest BCUT2D eigenvalue weighted by Gasteiger charge is 2.19. The molecule has 1 aromatic heterocycles. The second-order valence-corrected chi connectivity index (χ2v) is 5.97. The Labute approximate surface area is 172 Å². The lowest BCUT2D eigenvalue weighted by molar-refractivity contribution is 0.102. The van der Waals surface area contributed by atoms with Crippen molar-refractivity contribution in [2.45, 2.75) is 20.8 Å². The zero-order chi connectivity index (χ0) is 21.5. The average molecular weight is 415 g/mol. The zero-order valence-electron chi connectivity index (χ0n) is 16.9. The molecule has 0 aliphatic rings. The number of anilines is 1. The minimum absolute atomic E-state index is 0.0159. The summed E-state index contributed by atoms with van der Waals surface area (Å²) in [5, 5.41) is 13.4.